The van der Waals surface area contributed by atoms with Gasteiger partial charge in [-0.3, -0.25) is 9.18 Å². The van der Waals surface area contributed by atoms with Gasteiger partial charge in [-0.2, -0.15) is 14.1 Å². The lowest BCUT2D eigenvalue weighted by Crippen LogP contribution is -2.50. The van der Waals surface area contributed by atoms with Crippen LogP contribution in [0.25, 0.3) is 5.69 Å². The number of nitrogens with zero attached hydrogens (tertiary/aromatic N) is 4. The minimum Gasteiger partial charge on any atom is -0.486 e. The Bertz CT molecular complexity index is 1150. The van der Waals surface area contributed by atoms with Crippen molar-refractivity contribution in [3.63, 3.8) is 0 Å². The maximum Gasteiger partial charge on any atom is 0.316 e. The third-order valence-corrected chi connectivity index (χ3v) is 8.79. The van der Waals surface area contributed by atoms with Crippen LogP contribution in [0.1, 0.15) is 52.4 Å². The molecular formula is C25H36ClFN4O4S. The molecular weight excluding hydrogens is 507 g/mol. The van der Waals surface area contributed by atoms with Crippen molar-refractivity contribution in [1.29, 1.82) is 0 Å². The lowest BCUT2D eigenvalue weighted by molar-refractivity contribution is 0.296. The Morgan fingerprint density at radius 3 is 2.36 bits per heavy atom. The summed E-state index contributed by atoms with van der Waals surface area (Å²) >= 11 is 6.12. The number of anilines is 1. The maximum atomic E-state index is 13.5. The normalized spacial score (nSPS) is 15.0. The molecule has 0 radical (unpaired) electrons. The van der Waals surface area contributed by atoms with E-state index < -0.39 is 20.8 Å². The van der Waals surface area contributed by atoms with Gasteiger partial charge in [-0.05, 0) is 44.9 Å². The van der Waals surface area contributed by atoms with Crippen molar-refractivity contribution in [2.45, 2.75) is 57.6 Å². The van der Waals surface area contributed by atoms with Gasteiger partial charge in [-0.1, -0.05) is 43.4 Å². The van der Waals surface area contributed by atoms with Crippen LogP contribution >= 0.6 is 11.6 Å². The Morgan fingerprint density at radius 2 is 1.72 bits per heavy atom. The van der Waals surface area contributed by atoms with Gasteiger partial charge >= 0.3 is 5.56 Å². The van der Waals surface area contributed by atoms with Gasteiger partial charge in [-0.15, -0.1) is 0 Å². The largest absolute Gasteiger partial charge is 0.486 e. The molecule has 200 valence electrons. The smallest absolute Gasteiger partial charge is 0.316 e. The molecule has 2 aromatic rings. The first-order valence-corrected chi connectivity index (χ1v) is 14.4. The summed E-state index contributed by atoms with van der Waals surface area (Å²) < 4.78 is 46.1. The third kappa shape index (κ3) is 7.20. The molecule has 0 N–H and O–H groups in total. The number of halogens is 2. The zero-order valence-electron chi connectivity index (χ0n) is 21.0. The van der Waals surface area contributed by atoms with Crippen LogP contribution in [0.2, 0.25) is 5.02 Å². The van der Waals surface area contributed by atoms with Gasteiger partial charge in [0.05, 0.1) is 30.4 Å². The van der Waals surface area contributed by atoms with E-state index in [1.54, 1.807) is 44.3 Å². The van der Waals surface area contributed by atoms with Crippen molar-refractivity contribution in [3.8, 4) is 11.4 Å². The summed E-state index contributed by atoms with van der Waals surface area (Å²) in [6.45, 7) is 4.96. The molecule has 3 rings (SSSR count). The molecule has 1 aromatic heterocycles. The van der Waals surface area contributed by atoms with E-state index in [0.29, 0.717) is 55.6 Å². The zero-order chi connectivity index (χ0) is 26.1. The average molecular weight is 543 g/mol. The number of alkyl halides is 1. The van der Waals surface area contributed by atoms with Crippen molar-refractivity contribution in [3.05, 3.63) is 45.8 Å². The molecule has 1 aliphatic heterocycles. The van der Waals surface area contributed by atoms with Gasteiger partial charge in [0.1, 0.15) is 5.69 Å². The van der Waals surface area contributed by atoms with Gasteiger partial charge in [0, 0.05) is 31.2 Å². The van der Waals surface area contributed by atoms with Crippen molar-refractivity contribution in [2.75, 3.05) is 44.4 Å². The van der Waals surface area contributed by atoms with E-state index in [0.717, 1.165) is 32.1 Å². The number of benzene rings is 1. The number of hydrogen-bond acceptors (Lipinski definition) is 6. The van der Waals surface area contributed by atoms with Crippen LogP contribution in [0.3, 0.4) is 0 Å². The highest BCUT2D eigenvalue weighted by molar-refractivity contribution is 7.89. The van der Waals surface area contributed by atoms with Gasteiger partial charge in [-0.25, -0.2) is 8.42 Å². The van der Waals surface area contributed by atoms with Crippen LogP contribution in [0.5, 0.6) is 5.75 Å². The SMILES string of the molecule is CC(C)S(=O)(=O)N1CCN(c2cnn(-c3cccc(Cl)c3)c(=O)c2OCCCCCCCCF)CC1. The molecule has 1 saturated heterocycles. The Balaban J connectivity index is 1.77. The first kappa shape index (κ1) is 28.4. The minimum atomic E-state index is -3.34. The van der Waals surface area contributed by atoms with Crippen LogP contribution < -0.4 is 15.2 Å². The Morgan fingerprint density at radius 1 is 1.06 bits per heavy atom. The molecule has 0 saturated carbocycles. The van der Waals surface area contributed by atoms with E-state index in [2.05, 4.69) is 5.10 Å². The first-order valence-electron chi connectivity index (χ1n) is 12.6. The lowest BCUT2D eigenvalue weighted by Gasteiger charge is -2.36. The molecule has 0 amide bonds. The molecule has 1 aliphatic rings. The average Bonchev–Trinajstić information content (AvgIpc) is 2.86. The Kier molecular flexibility index (Phi) is 10.6. The number of piperazine rings is 1. The number of rotatable bonds is 13. The molecule has 2 heterocycles. The topological polar surface area (TPSA) is 84.7 Å². The van der Waals surface area contributed by atoms with E-state index in [9.17, 15) is 17.6 Å². The van der Waals surface area contributed by atoms with Gasteiger partial charge in [0.2, 0.25) is 15.8 Å². The van der Waals surface area contributed by atoms with Crippen LogP contribution in [-0.4, -0.2) is 67.2 Å². The predicted octanol–water partition coefficient (Wildman–Crippen LogP) is 4.44. The van der Waals surface area contributed by atoms with E-state index in [-0.39, 0.29) is 12.4 Å². The van der Waals surface area contributed by atoms with E-state index in [4.69, 9.17) is 16.3 Å². The summed E-state index contributed by atoms with van der Waals surface area (Å²) in [5.74, 6) is 0.197. The summed E-state index contributed by atoms with van der Waals surface area (Å²) in [6, 6.07) is 6.88. The fourth-order valence-electron chi connectivity index (χ4n) is 4.14. The molecule has 36 heavy (non-hydrogen) atoms. The molecule has 0 unspecified atom stereocenters. The standard InChI is InChI=1S/C25H36ClFN4O4S/c1-20(2)36(33,34)30-15-13-29(14-16-30)23-19-28-31(22-11-9-10-21(26)18-22)25(32)24(23)35-17-8-6-4-3-5-7-12-27/h9-11,18-20H,3-8,12-17H2,1-2H3. The number of unbranched alkanes of at least 4 members (excludes halogenated alkanes) is 5. The van der Waals surface area contributed by atoms with Gasteiger partial charge in [0.15, 0.2) is 0 Å². The van der Waals surface area contributed by atoms with E-state index >= 15 is 0 Å². The number of ether oxygens (including phenoxy) is 1. The minimum absolute atomic E-state index is 0.197. The van der Waals surface area contributed by atoms with Crippen LogP contribution in [0.4, 0.5) is 10.1 Å². The summed E-state index contributed by atoms with van der Waals surface area (Å²) in [5, 5.41) is 4.37. The summed E-state index contributed by atoms with van der Waals surface area (Å²) in [4.78, 5) is 15.4. The van der Waals surface area contributed by atoms with Crippen LogP contribution in [0.15, 0.2) is 35.3 Å². The first-order chi connectivity index (χ1) is 17.3. The summed E-state index contributed by atoms with van der Waals surface area (Å²) in [5.41, 5.74) is 0.697. The predicted molar refractivity (Wildman–Crippen MR) is 142 cm³/mol. The third-order valence-electron chi connectivity index (χ3n) is 6.28. The number of hydrogen-bond donors (Lipinski definition) is 0. The second-order valence-electron chi connectivity index (χ2n) is 9.19. The maximum absolute atomic E-state index is 13.5. The fraction of sp³-hybridized carbons (Fsp3) is 0.600. The number of sulfonamides is 1. The Hall–Kier alpha value is -2.17. The molecule has 8 nitrogen and oxygen atoms in total. The second-order valence-corrected chi connectivity index (χ2v) is 12.1. The number of aromatic nitrogens is 2. The summed E-state index contributed by atoms with van der Waals surface area (Å²) in [7, 11) is -3.34. The van der Waals surface area contributed by atoms with E-state index in [1.165, 1.54) is 8.99 Å². The van der Waals surface area contributed by atoms with Crippen molar-refractivity contribution >= 4 is 27.3 Å². The lowest BCUT2D eigenvalue weighted by atomic mass is 10.1. The molecule has 1 fully saturated rings. The zero-order valence-corrected chi connectivity index (χ0v) is 22.6. The summed E-state index contributed by atoms with van der Waals surface area (Å²) in [6.07, 6.45) is 6.76. The van der Waals surface area contributed by atoms with Crippen molar-refractivity contribution in [2.24, 2.45) is 0 Å². The van der Waals surface area contributed by atoms with Crippen molar-refractivity contribution in [1.82, 2.24) is 14.1 Å². The van der Waals surface area contributed by atoms with Crippen LogP contribution in [-0.2, 0) is 10.0 Å². The highest BCUT2D eigenvalue weighted by atomic mass is 35.5. The monoisotopic (exact) mass is 542 g/mol. The van der Waals surface area contributed by atoms with Gasteiger partial charge < -0.3 is 9.64 Å². The van der Waals surface area contributed by atoms with E-state index in [1.807, 2.05) is 4.90 Å². The molecule has 0 aliphatic carbocycles. The molecule has 11 heteroatoms. The van der Waals surface area contributed by atoms with Crippen molar-refractivity contribution < 1.29 is 17.5 Å². The van der Waals surface area contributed by atoms with Crippen LogP contribution in [0, 0.1) is 0 Å². The fourth-order valence-corrected chi connectivity index (χ4v) is 5.59. The molecule has 0 bridgehead atoms. The molecule has 0 atom stereocenters. The molecule has 1 aromatic carbocycles. The Labute approximate surface area is 218 Å². The molecule has 0 spiro atoms. The van der Waals surface area contributed by atoms with Gasteiger partial charge in [0.25, 0.3) is 0 Å². The highest BCUT2D eigenvalue weighted by Gasteiger charge is 2.31. The second kappa shape index (κ2) is 13.4. The quantitative estimate of drug-likeness (QED) is 0.348. The highest BCUT2D eigenvalue weighted by Crippen LogP contribution is 2.27.